The van der Waals surface area contributed by atoms with Crippen molar-refractivity contribution in [3.05, 3.63) is 52.7 Å². The quantitative estimate of drug-likeness (QED) is 0.304. The second kappa shape index (κ2) is 9.67. The van der Waals surface area contributed by atoms with Gasteiger partial charge in [0.25, 0.3) is 0 Å². The maximum atomic E-state index is 11.0. The van der Waals surface area contributed by atoms with Crippen LogP contribution >= 0.6 is 35.0 Å². The van der Waals surface area contributed by atoms with Crippen molar-refractivity contribution in [2.24, 2.45) is 5.92 Å². The molecule has 0 aliphatic heterocycles. The van der Waals surface area contributed by atoms with Crippen LogP contribution in [0.5, 0.6) is 5.75 Å². The van der Waals surface area contributed by atoms with Gasteiger partial charge in [-0.25, -0.2) is 4.98 Å². The molecule has 7 heteroatoms. The third-order valence-electron chi connectivity index (χ3n) is 4.42. The Labute approximate surface area is 173 Å². The third kappa shape index (κ3) is 5.77. The Morgan fingerprint density at radius 1 is 1.30 bits per heavy atom. The maximum absolute atomic E-state index is 11.0. The van der Waals surface area contributed by atoms with Gasteiger partial charge in [0, 0.05) is 10.9 Å². The molecule has 1 saturated carbocycles. The average molecular weight is 426 g/mol. The van der Waals surface area contributed by atoms with Crippen molar-refractivity contribution in [3.8, 4) is 5.75 Å². The Morgan fingerprint density at radius 2 is 2.15 bits per heavy atom. The smallest absolute Gasteiger partial charge is 0.307 e. The lowest BCUT2D eigenvalue weighted by molar-refractivity contribution is -0.138. The Hall–Kier alpha value is -1.43. The summed E-state index contributed by atoms with van der Waals surface area (Å²) in [5.74, 6) is 1.28. The van der Waals surface area contributed by atoms with Crippen LogP contribution in [0.3, 0.4) is 0 Å². The monoisotopic (exact) mass is 425 g/mol. The molecule has 144 valence electrons. The first-order valence-corrected chi connectivity index (χ1v) is 10.8. The molecule has 0 bridgehead atoms. The number of hydrogen-bond acceptors (Lipinski definition) is 4. The lowest BCUT2D eigenvalue weighted by atomic mass is 10.1. The fourth-order valence-electron chi connectivity index (χ4n) is 2.86. The fraction of sp³-hybridized carbons (Fsp3) is 0.400. The van der Waals surface area contributed by atoms with Crippen LogP contribution < -0.4 is 4.74 Å². The average Bonchev–Trinajstić information content (AvgIpc) is 3.45. The zero-order chi connectivity index (χ0) is 19.2. The van der Waals surface area contributed by atoms with E-state index in [2.05, 4.69) is 4.98 Å². The van der Waals surface area contributed by atoms with Crippen molar-refractivity contribution in [3.63, 3.8) is 0 Å². The van der Waals surface area contributed by atoms with Gasteiger partial charge in [-0.15, -0.1) is 23.4 Å². The number of carbonyl (C=O) groups is 1. The number of thioether (sulfide) groups is 1. The van der Waals surface area contributed by atoms with Gasteiger partial charge in [0.15, 0.2) is 0 Å². The molecular formula is C20H21Cl2NO3S. The van der Waals surface area contributed by atoms with Crippen LogP contribution in [0.2, 0.25) is 5.02 Å². The van der Waals surface area contributed by atoms with Gasteiger partial charge in [-0.05, 0) is 60.8 Å². The number of pyridine rings is 1. The minimum absolute atomic E-state index is 0.0122. The molecule has 1 fully saturated rings. The zero-order valence-corrected chi connectivity index (χ0v) is 17.1. The van der Waals surface area contributed by atoms with Crippen LogP contribution in [0.15, 0.2) is 41.4 Å². The highest BCUT2D eigenvalue weighted by atomic mass is 35.5. The number of alkyl halides is 1. The topological polar surface area (TPSA) is 59.4 Å². The Kier molecular flexibility index (Phi) is 7.27. The predicted octanol–water partition coefficient (Wildman–Crippen LogP) is 5.61. The van der Waals surface area contributed by atoms with Crippen LogP contribution in [0, 0.1) is 5.92 Å². The van der Waals surface area contributed by atoms with E-state index in [0.29, 0.717) is 29.7 Å². The van der Waals surface area contributed by atoms with Crippen LogP contribution in [0.25, 0.3) is 0 Å². The number of benzene rings is 1. The molecule has 3 rings (SSSR count). The highest BCUT2D eigenvalue weighted by Gasteiger charge is 2.45. The summed E-state index contributed by atoms with van der Waals surface area (Å²) in [5.41, 5.74) is 1.73. The molecule has 2 aromatic rings. The Balaban J connectivity index is 1.54. The number of halogens is 2. The van der Waals surface area contributed by atoms with Crippen molar-refractivity contribution in [2.75, 3.05) is 11.6 Å². The number of ether oxygens (including phenoxy) is 1. The van der Waals surface area contributed by atoms with Gasteiger partial charge < -0.3 is 9.84 Å². The minimum Gasteiger partial charge on any atom is -0.487 e. The first-order valence-electron chi connectivity index (χ1n) is 8.88. The number of rotatable bonds is 10. The number of aromatic nitrogens is 1. The normalized spacial score (nSPS) is 18.3. The second-order valence-electron chi connectivity index (χ2n) is 6.47. The molecule has 1 N–H and O–H groups in total. The van der Waals surface area contributed by atoms with Crippen molar-refractivity contribution in [1.82, 2.24) is 4.98 Å². The maximum Gasteiger partial charge on any atom is 0.307 e. The van der Waals surface area contributed by atoms with Crippen molar-refractivity contribution >= 4 is 40.9 Å². The van der Waals surface area contributed by atoms with Gasteiger partial charge in [-0.2, -0.15) is 0 Å². The Bertz CT molecular complexity index is 803. The molecule has 1 aromatic heterocycles. The number of aliphatic carboxylic acids is 1. The predicted molar refractivity (Wildman–Crippen MR) is 109 cm³/mol. The summed E-state index contributed by atoms with van der Waals surface area (Å²) in [4.78, 5) is 15.6. The van der Waals surface area contributed by atoms with Gasteiger partial charge in [-0.1, -0.05) is 23.7 Å². The highest BCUT2D eigenvalue weighted by molar-refractivity contribution is 7.99. The summed E-state index contributed by atoms with van der Waals surface area (Å²) in [7, 11) is 0. The lowest BCUT2D eigenvalue weighted by Crippen LogP contribution is -2.00. The summed E-state index contributed by atoms with van der Waals surface area (Å²) in [6.07, 6.45) is 2.74. The molecule has 0 radical (unpaired) electrons. The van der Waals surface area contributed by atoms with Crippen LogP contribution in [0.1, 0.15) is 36.4 Å². The number of hydrogen-bond donors (Lipinski definition) is 1. The van der Waals surface area contributed by atoms with E-state index in [9.17, 15) is 4.79 Å². The fourth-order valence-corrected chi connectivity index (χ4v) is 4.27. The first kappa shape index (κ1) is 20.3. The molecule has 0 spiro atoms. The lowest BCUT2D eigenvalue weighted by Gasteiger charge is -2.09. The summed E-state index contributed by atoms with van der Waals surface area (Å²) in [6, 6.07) is 11.4. The summed E-state index contributed by atoms with van der Waals surface area (Å²) in [5, 5.41) is 10.6. The van der Waals surface area contributed by atoms with E-state index in [1.807, 2.05) is 30.3 Å². The Morgan fingerprint density at radius 3 is 2.85 bits per heavy atom. The van der Waals surface area contributed by atoms with Gasteiger partial charge in [-0.3, -0.25) is 4.79 Å². The minimum atomic E-state index is -0.761. The van der Waals surface area contributed by atoms with Gasteiger partial charge in [0.2, 0.25) is 0 Å². The number of carboxylic acids is 1. The van der Waals surface area contributed by atoms with E-state index in [4.69, 9.17) is 33.0 Å². The van der Waals surface area contributed by atoms with E-state index in [0.717, 1.165) is 34.9 Å². The third-order valence-corrected chi connectivity index (χ3v) is 6.04. The largest absolute Gasteiger partial charge is 0.487 e. The SMILES string of the molecule is O=C(O)C1CC1c1ccc(OCc2cccc(SCCCCCl)n2)cc1Cl. The number of carboxylic acid groups (broad SMARTS) is 1. The highest BCUT2D eigenvalue weighted by Crippen LogP contribution is 2.50. The number of unbranched alkanes of at least 4 members (excludes halogenated alkanes) is 1. The molecule has 1 aliphatic rings. The molecule has 0 amide bonds. The summed E-state index contributed by atoms with van der Waals surface area (Å²) >= 11 is 13.7. The van der Waals surface area contributed by atoms with Gasteiger partial charge in [0.1, 0.15) is 12.4 Å². The standard InChI is InChI=1S/C20H21Cl2NO3S/c21-8-1-2-9-27-19-5-3-4-13(23-19)12-26-14-6-7-15(18(22)10-14)16-11-17(16)20(24)25/h3-7,10,16-17H,1-2,8-9,11-12H2,(H,24,25). The molecule has 1 heterocycles. The van der Waals surface area contributed by atoms with Gasteiger partial charge in [0.05, 0.1) is 16.6 Å². The molecule has 0 saturated heterocycles. The van der Waals surface area contributed by atoms with Crippen molar-refractivity contribution in [1.29, 1.82) is 0 Å². The van der Waals surface area contributed by atoms with E-state index in [-0.39, 0.29) is 11.8 Å². The van der Waals surface area contributed by atoms with Crippen LogP contribution in [0.4, 0.5) is 0 Å². The van der Waals surface area contributed by atoms with E-state index >= 15 is 0 Å². The molecule has 4 nitrogen and oxygen atoms in total. The van der Waals surface area contributed by atoms with Crippen molar-refractivity contribution < 1.29 is 14.6 Å². The van der Waals surface area contributed by atoms with Gasteiger partial charge >= 0.3 is 5.97 Å². The van der Waals surface area contributed by atoms with Crippen molar-refractivity contribution in [2.45, 2.75) is 36.8 Å². The molecule has 1 aromatic carbocycles. The first-order chi connectivity index (χ1) is 13.1. The van der Waals surface area contributed by atoms with E-state index in [1.165, 1.54) is 0 Å². The zero-order valence-electron chi connectivity index (χ0n) is 14.7. The molecule has 2 atom stereocenters. The summed E-state index contributed by atoms with van der Waals surface area (Å²) in [6.45, 7) is 0.354. The summed E-state index contributed by atoms with van der Waals surface area (Å²) < 4.78 is 5.81. The second-order valence-corrected chi connectivity index (χ2v) is 8.37. The van der Waals surface area contributed by atoms with E-state index in [1.54, 1.807) is 17.8 Å². The molecule has 27 heavy (non-hydrogen) atoms. The van der Waals surface area contributed by atoms with E-state index < -0.39 is 5.97 Å². The van der Waals surface area contributed by atoms with Crippen LogP contribution in [-0.4, -0.2) is 27.7 Å². The number of nitrogens with zero attached hydrogens (tertiary/aromatic N) is 1. The molecular weight excluding hydrogens is 405 g/mol. The molecule has 2 unspecified atom stereocenters. The molecule has 1 aliphatic carbocycles. The van der Waals surface area contributed by atoms with Crippen LogP contribution in [-0.2, 0) is 11.4 Å².